The van der Waals surface area contributed by atoms with Crippen LogP contribution < -0.4 is 5.32 Å². The number of nitrogens with one attached hydrogen (secondary N) is 1. The summed E-state index contributed by atoms with van der Waals surface area (Å²) in [7, 11) is 0. The number of piperidine rings is 1. The Labute approximate surface area is 100 Å². The highest BCUT2D eigenvalue weighted by atomic mass is 19.1. The zero-order chi connectivity index (χ0) is 11.8. The molecule has 1 aromatic carbocycles. The van der Waals surface area contributed by atoms with Crippen molar-refractivity contribution < 1.29 is 8.78 Å². The highest BCUT2D eigenvalue weighted by Gasteiger charge is 2.32. The SMILES string of the molecule is Fc1cc(F)cc(C2CC3CNCC(C3)C2)c1. The summed E-state index contributed by atoms with van der Waals surface area (Å²) in [6.07, 6.45) is 3.40. The Bertz CT molecular complexity index is 386. The second kappa shape index (κ2) is 4.37. The monoisotopic (exact) mass is 237 g/mol. The van der Waals surface area contributed by atoms with E-state index < -0.39 is 11.6 Å². The third kappa shape index (κ3) is 2.34. The number of hydrogen-bond donors (Lipinski definition) is 1. The Hall–Kier alpha value is -0.960. The fourth-order valence-electron chi connectivity index (χ4n) is 3.47. The van der Waals surface area contributed by atoms with Crippen LogP contribution in [-0.4, -0.2) is 13.1 Å². The lowest BCUT2D eigenvalue weighted by atomic mass is 9.71. The lowest BCUT2D eigenvalue weighted by molar-refractivity contribution is 0.186. The quantitative estimate of drug-likeness (QED) is 0.791. The van der Waals surface area contributed by atoms with Gasteiger partial charge in [0.25, 0.3) is 0 Å². The molecule has 1 nitrogen and oxygen atoms in total. The minimum Gasteiger partial charge on any atom is -0.316 e. The van der Waals surface area contributed by atoms with Crippen molar-refractivity contribution in [2.45, 2.75) is 25.2 Å². The van der Waals surface area contributed by atoms with Crippen molar-refractivity contribution in [2.24, 2.45) is 11.8 Å². The van der Waals surface area contributed by atoms with E-state index in [0.717, 1.165) is 37.6 Å². The molecule has 0 aromatic heterocycles. The molecule has 3 rings (SSSR count). The van der Waals surface area contributed by atoms with Crippen molar-refractivity contribution in [2.75, 3.05) is 13.1 Å². The van der Waals surface area contributed by atoms with Gasteiger partial charge in [-0.1, -0.05) is 0 Å². The van der Waals surface area contributed by atoms with Crippen molar-refractivity contribution in [3.05, 3.63) is 35.4 Å². The number of hydrogen-bond acceptors (Lipinski definition) is 1. The van der Waals surface area contributed by atoms with Crippen molar-refractivity contribution >= 4 is 0 Å². The lowest BCUT2D eigenvalue weighted by Gasteiger charge is -2.39. The molecule has 2 aliphatic rings. The summed E-state index contributed by atoms with van der Waals surface area (Å²) in [5, 5.41) is 3.43. The Morgan fingerprint density at radius 1 is 0.882 bits per heavy atom. The summed E-state index contributed by atoms with van der Waals surface area (Å²) < 4.78 is 26.4. The highest BCUT2D eigenvalue weighted by molar-refractivity contribution is 5.23. The van der Waals surface area contributed by atoms with E-state index in [2.05, 4.69) is 5.32 Å². The van der Waals surface area contributed by atoms with Crippen LogP contribution in [0, 0.1) is 23.5 Å². The van der Waals surface area contributed by atoms with Crippen molar-refractivity contribution in [1.29, 1.82) is 0 Å². The topological polar surface area (TPSA) is 12.0 Å². The molecule has 1 saturated heterocycles. The minimum absolute atomic E-state index is 0.339. The zero-order valence-electron chi connectivity index (χ0n) is 9.76. The van der Waals surface area contributed by atoms with Gasteiger partial charge in [-0.15, -0.1) is 0 Å². The van der Waals surface area contributed by atoms with Gasteiger partial charge in [0, 0.05) is 6.07 Å². The van der Waals surface area contributed by atoms with Crippen molar-refractivity contribution in [3.8, 4) is 0 Å². The van der Waals surface area contributed by atoms with Crippen LogP contribution in [0.4, 0.5) is 8.78 Å². The van der Waals surface area contributed by atoms with Gasteiger partial charge in [0.15, 0.2) is 0 Å². The van der Waals surface area contributed by atoms with Crippen LogP contribution in [0.15, 0.2) is 18.2 Å². The molecule has 1 heterocycles. The zero-order valence-corrected chi connectivity index (χ0v) is 9.76. The summed E-state index contributed by atoms with van der Waals surface area (Å²) in [5.74, 6) is 0.798. The van der Waals surface area contributed by atoms with Crippen LogP contribution in [0.5, 0.6) is 0 Å². The van der Waals surface area contributed by atoms with Gasteiger partial charge in [0.2, 0.25) is 0 Å². The standard InChI is InChI=1S/C14H17F2N/c15-13-4-12(5-14(16)6-13)11-2-9-1-10(3-11)8-17-7-9/h4-6,9-11,17H,1-3,7-8H2. The second-order valence-electron chi connectivity index (χ2n) is 5.50. The molecule has 1 aliphatic carbocycles. The summed E-state index contributed by atoms with van der Waals surface area (Å²) in [4.78, 5) is 0. The fraction of sp³-hybridized carbons (Fsp3) is 0.571. The van der Waals surface area contributed by atoms with Gasteiger partial charge in [-0.3, -0.25) is 0 Å². The van der Waals surface area contributed by atoms with Crippen LogP contribution >= 0.6 is 0 Å². The molecule has 0 radical (unpaired) electrons. The number of benzene rings is 1. The average Bonchev–Trinajstić information content (AvgIpc) is 2.27. The van der Waals surface area contributed by atoms with Gasteiger partial charge >= 0.3 is 0 Å². The van der Waals surface area contributed by atoms with E-state index in [1.54, 1.807) is 0 Å². The van der Waals surface area contributed by atoms with E-state index in [4.69, 9.17) is 0 Å². The molecule has 2 atom stereocenters. The molecule has 2 fully saturated rings. The Balaban J connectivity index is 1.83. The Morgan fingerprint density at radius 2 is 1.47 bits per heavy atom. The maximum atomic E-state index is 13.2. The van der Waals surface area contributed by atoms with Gasteiger partial charge in [0.1, 0.15) is 11.6 Å². The molecule has 17 heavy (non-hydrogen) atoms. The first kappa shape index (κ1) is 11.1. The molecule has 0 amide bonds. The van der Waals surface area contributed by atoms with Gasteiger partial charge in [-0.2, -0.15) is 0 Å². The molecule has 1 saturated carbocycles. The van der Waals surface area contributed by atoms with E-state index in [1.807, 2.05) is 0 Å². The smallest absolute Gasteiger partial charge is 0.126 e. The van der Waals surface area contributed by atoms with Crippen LogP contribution in [0.25, 0.3) is 0 Å². The van der Waals surface area contributed by atoms with Crippen LogP contribution in [0.1, 0.15) is 30.7 Å². The Kier molecular flexibility index (Phi) is 2.87. The van der Waals surface area contributed by atoms with Crippen LogP contribution in [0.3, 0.4) is 0 Å². The van der Waals surface area contributed by atoms with Crippen molar-refractivity contribution in [1.82, 2.24) is 5.32 Å². The van der Waals surface area contributed by atoms with Gasteiger partial charge in [-0.25, -0.2) is 8.78 Å². The fourth-order valence-corrected chi connectivity index (χ4v) is 3.47. The first-order valence-electron chi connectivity index (χ1n) is 6.37. The molecule has 1 N–H and O–H groups in total. The summed E-state index contributed by atoms with van der Waals surface area (Å²) in [6, 6.07) is 3.96. The minimum atomic E-state index is -0.450. The van der Waals surface area contributed by atoms with Gasteiger partial charge in [0.05, 0.1) is 0 Å². The number of fused-ring (bicyclic) bond motifs is 2. The molecule has 2 unspecified atom stereocenters. The summed E-state index contributed by atoms with van der Waals surface area (Å²) in [6.45, 7) is 2.12. The van der Waals surface area contributed by atoms with E-state index in [9.17, 15) is 8.78 Å². The van der Waals surface area contributed by atoms with E-state index in [1.165, 1.54) is 18.6 Å². The molecule has 0 spiro atoms. The Morgan fingerprint density at radius 3 is 2.06 bits per heavy atom. The number of rotatable bonds is 1. The third-order valence-electron chi connectivity index (χ3n) is 4.12. The van der Waals surface area contributed by atoms with E-state index in [-0.39, 0.29) is 0 Å². The molecular weight excluding hydrogens is 220 g/mol. The molecule has 2 bridgehead atoms. The molecule has 1 aliphatic heterocycles. The maximum Gasteiger partial charge on any atom is 0.126 e. The first-order valence-corrected chi connectivity index (χ1v) is 6.37. The average molecular weight is 237 g/mol. The van der Waals surface area contributed by atoms with E-state index >= 15 is 0 Å². The molecular formula is C14H17F2N. The maximum absolute atomic E-state index is 13.2. The van der Waals surface area contributed by atoms with Crippen LogP contribution in [-0.2, 0) is 0 Å². The molecule has 92 valence electrons. The first-order chi connectivity index (χ1) is 8.20. The van der Waals surface area contributed by atoms with Crippen molar-refractivity contribution in [3.63, 3.8) is 0 Å². The third-order valence-corrected chi connectivity index (χ3v) is 4.12. The van der Waals surface area contributed by atoms with Crippen LogP contribution in [0.2, 0.25) is 0 Å². The normalized spacial score (nSPS) is 32.5. The number of halogens is 2. The predicted octanol–water partition coefficient (Wildman–Crippen LogP) is 3.07. The predicted molar refractivity (Wildman–Crippen MR) is 62.8 cm³/mol. The molecule has 3 heteroatoms. The largest absolute Gasteiger partial charge is 0.316 e. The van der Waals surface area contributed by atoms with Gasteiger partial charge in [-0.05, 0) is 67.8 Å². The van der Waals surface area contributed by atoms with Gasteiger partial charge < -0.3 is 5.32 Å². The second-order valence-corrected chi connectivity index (χ2v) is 5.50. The highest BCUT2D eigenvalue weighted by Crippen LogP contribution is 2.40. The van der Waals surface area contributed by atoms with E-state index in [0.29, 0.717) is 17.8 Å². The molecule has 1 aromatic rings. The summed E-state index contributed by atoms with van der Waals surface area (Å²) in [5.41, 5.74) is 0.846. The lowest BCUT2D eigenvalue weighted by Crippen LogP contribution is -2.40. The summed E-state index contributed by atoms with van der Waals surface area (Å²) >= 11 is 0.